The van der Waals surface area contributed by atoms with Crippen molar-refractivity contribution in [2.45, 2.75) is 6.42 Å². The van der Waals surface area contributed by atoms with Crippen LogP contribution in [0.3, 0.4) is 0 Å². The van der Waals surface area contributed by atoms with Crippen LogP contribution < -0.4 is 16.4 Å². The van der Waals surface area contributed by atoms with Crippen molar-refractivity contribution >= 4 is 23.0 Å². The van der Waals surface area contributed by atoms with Crippen LogP contribution in [0.5, 0.6) is 0 Å². The first-order chi connectivity index (χ1) is 9.11. The van der Waals surface area contributed by atoms with Gasteiger partial charge in [-0.15, -0.1) is 0 Å². The van der Waals surface area contributed by atoms with Gasteiger partial charge in [-0.25, -0.2) is 0 Å². The van der Waals surface area contributed by atoms with Crippen molar-refractivity contribution in [3.8, 4) is 0 Å². The van der Waals surface area contributed by atoms with Gasteiger partial charge in [-0.05, 0) is 11.6 Å². The lowest BCUT2D eigenvalue weighted by atomic mass is 10.1. The van der Waals surface area contributed by atoms with Gasteiger partial charge in [0.15, 0.2) is 0 Å². The normalized spacial score (nSPS) is 13.4. The fraction of sp³-hybridized carbons (Fsp3) is 0.250. The van der Waals surface area contributed by atoms with Crippen molar-refractivity contribution in [3.63, 3.8) is 0 Å². The van der Waals surface area contributed by atoms with Gasteiger partial charge in [0.05, 0.1) is 11.3 Å². The monoisotopic (exact) mass is 262 g/mol. The molecule has 0 fully saturated rings. The Balaban J connectivity index is 2.26. The zero-order valence-corrected chi connectivity index (χ0v) is 10.2. The molecule has 2 rings (SSSR count). The average Bonchev–Trinajstić information content (AvgIpc) is 2.72. The van der Waals surface area contributed by atoms with Gasteiger partial charge in [-0.1, -0.05) is 12.2 Å². The summed E-state index contributed by atoms with van der Waals surface area (Å²) in [5, 5.41) is 16.6. The minimum atomic E-state index is -0.460. The molecule has 1 amide bonds. The number of hydrogen-bond acceptors (Lipinski definition) is 5. The van der Waals surface area contributed by atoms with Crippen LogP contribution in [0, 0.1) is 10.1 Å². The molecule has 0 saturated heterocycles. The molecule has 7 nitrogen and oxygen atoms in total. The molecular formula is C12H14N4O3. The van der Waals surface area contributed by atoms with Crippen LogP contribution in [0.2, 0.25) is 0 Å². The zero-order valence-electron chi connectivity index (χ0n) is 10.2. The van der Waals surface area contributed by atoms with Gasteiger partial charge in [0.25, 0.3) is 5.69 Å². The summed E-state index contributed by atoms with van der Waals surface area (Å²) in [6.07, 6.45) is 3.73. The largest absolute Gasteiger partial charge is 0.376 e. The summed E-state index contributed by atoms with van der Waals surface area (Å²) < 4.78 is 0. The third-order valence-electron chi connectivity index (χ3n) is 2.76. The number of nitrogens with zero attached hydrogens (tertiary/aromatic N) is 1. The molecule has 0 spiro atoms. The van der Waals surface area contributed by atoms with E-state index in [2.05, 4.69) is 10.6 Å². The molecule has 0 atom stereocenters. The van der Waals surface area contributed by atoms with E-state index < -0.39 is 4.92 Å². The number of nitrogens with two attached hydrogens (primary N) is 1. The first-order valence-electron chi connectivity index (χ1n) is 5.82. The first kappa shape index (κ1) is 13.0. The summed E-state index contributed by atoms with van der Waals surface area (Å²) in [6.45, 7) is 0.856. The van der Waals surface area contributed by atoms with E-state index in [-0.39, 0.29) is 18.0 Å². The Labute approximate surface area is 109 Å². The molecular weight excluding hydrogens is 248 g/mol. The molecule has 100 valence electrons. The van der Waals surface area contributed by atoms with Crippen molar-refractivity contribution in [2.24, 2.45) is 5.73 Å². The molecule has 1 aliphatic heterocycles. The number of rotatable bonds is 5. The van der Waals surface area contributed by atoms with E-state index in [1.54, 1.807) is 18.2 Å². The maximum atomic E-state index is 11.3. The van der Waals surface area contributed by atoms with Crippen LogP contribution in [0.1, 0.15) is 5.56 Å². The molecule has 1 aromatic carbocycles. The van der Waals surface area contributed by atoms with Gasteiger partial charge in [-0.2, -0.15) is 0 Å². The van der Waals surface area contributed by atoms with Crippen molar-refractivity contribution in [3.05, 3.63) is 40.0 Å². The Hall–Kier alpha value is -2.41. The summed E-state index contributed by atoms with van der Waals surface area (Å²) in [7, 11) is 0. The van der Waals surface area contributed by atoms with Crippen molar-refractivity contribution in [1.82, 2.24) is 0 Å². The highest BCUT2D eigenvalue weighted by molar-refractivity contribution is 6.00. The van der Waals surface area contributed by atoms with E-state index in [1.807, 2.05) is 0 Å². The first-order valence-corrected chi connectivity index (χ1v) is 5.82. The highest BCUT2D eigenvalue weighted by atomic mass is 16.6. The lowest BCUT2D eigenvalue weighted by Crippen LogP contribution is -2.05. The van der Waals surface area contributed by atoms with E-state index in [4.69, 9.17) is 5.73 Å². The number of nitrogens with one attached hydrogen (secondary N) is 2. The molecule has 4 N–H and O–H groups in total. The third-order valence-corrected chi connectivity index (χ3v) is 2.76. The lowest BCUT2D eigenvalue weighted by molar-refractivity contribution is -0.384. The van der Waals surface area contributed by atoms with E-state index in [1.165, 1.54) is 6.07 Å². The van der Waals surface area contributed by atoms with Crippen LogP contribution >= 0.6 is 0 Å². The van der Waals surface area contributed by atoms with E-state index in [0.29, 0.717) is 30.0 Å². The Morgan fingerprint density at radius 1 is 1.47 bits per heavy atom. The van der Waals surface area contributed by atoms with Gasteiger partial charge in [0.1, 0.15) is 5.69 Å². The van der Waals surface area contributed by atoms with Gasteiger partial charge in [0.2, 0.25) is 5.91 Å². The average molecular weight is 262 g/mol. The van der Waals surface area contributed by atoms with Crippen LogP contribution in [0.4, 0.5) is 17.1 Å². The van der Waals surface area contributed by atoms with Gasteiger partial charge in [0, 0.05) is 24.8 Å². The highest BCUT2D eigenvalue weighted by Crippen LogP contribution is 2.34. The number of amides is 1. The maximum Gasteiger partial charge on any atom is 0.292 e. The molecule has 7 heteroatoms. The summed E-state index contributed by atoms with van der Waals surface area (Å²) in [5.41, 5.74) is 6.93. The van der Waals surface area contributed by atoms with E-state index >= 15 is 0 Å². The lowest BCUT2D eigenvalue weighted by Gasteiger charge is -2.07. The Morgan fingerprint density at radius 3 is 2.95 bits per heavy atom. The number of nitro benzene ring substituents is 1. The smallest absolute Gasteiger partial charge is 0.292 e. The minimum absolute atomic E-state index is 0.0311. The van der Waals surface area contributed by atoms with E-state index in [9.17, 15) is 14.9 Å². The van der Waals surface area contributed by atoms with Crippen LogP contribution in [-0.4, -0.2) is 23.9 Å². The summed E-state index contributed by atoms with van der Waals surface area (Å²) >= 11 is 0. The molecule has 0 aliphatic carbocycles. The molecule has 1 heterocycles. The Morgan fingerprint density at radius 2 is 2.26 bits per heavy atom. The summed E-state index contributed by atoms with van der Waals surface area (Å²) in [6, 6.07) is 3.02. The Bertz CT molecular complexity index is 554. The summed E-state index contributed by atoms with van der Waals surface area (Å²) in [5.74, 6) is -0.149. The molecule has 0 bridgehead atoms. The quantitative estimate of drug-likeness (QED) is 0.417. The van der Waals surface area contributed by atoms with Crippen molar-refractivity contribution in [1.29, 1.82) is 0 Å². The topological polar surface area (TPSA) is 110 Å². The predicted molar refractivity (Wildman–Crippen MR) is 72.1 cm³/mol. The van der Waals surface area contributed by atoms with Gasteiger partial charge in [-0.3, -0.25) is 14.9 Å². The van der Waals surface area contributed by atoms with Crippen molar-refractivity contribution < 1.29 is 9.72 Å². The molecule has 19 heavy (non-hydrogen) atoms. The number of carbonyl (C=O) groups is 1. The fourth-order valence-electron chi connectivity index (χ4n) is 1.90. The van der Waals surface area contributed by atoms with Crippen LogP contribution in [0.15, 0.2) is 24.3 Å². The van der Waals surface area contributed by atoms with Crippen LogP contribution in [-0.2, 0) is 11.2 Å². The number of fused-ring (bicyclic) bond motifs is 1. The molecule has 1 aromatic rings. The molecule has 0 aromatic heterocycles. The number of carbonyl (C=O) groups excluding carboxylic acids is 1. The third kappa shape index (κ3) is 2.89. The molecule has 1 aliphatic rings. The van der Waals surface area contributed by atoms with Crippen LogP contribution in [0.25, 0.3) is 0 Å². The molecule has 0 saturated carbocycles. The zero-order chi connectivity index (χ0) is 13.8. The molecule has 0 radical (unpaired) electrons. The van der Waals surface area contributed by atoms with Gasteiger partial charge < -0.3 is 16.4 Å². The van der Waals surface area contributed by atoms with Crippen molar-refractivity contribution in [2.75, 3.05) is 23.7 Å². The Kier molecular flexibility index (Phi) is 3.76. The fourth-order valence-corrected chi connectivity index (χ4v) is 1.90. The number of nitro groups is 1. The number of hydrogen-bond donors (Lipinski definition) is 3. The number of anilines is 2. The van der Waals surface area contributed by atoms with Gasteiger partial charge >= 0.3 is 0 Å². The molecule has 0 unspecified atom stereocenters. The SMILES string of the molecule is NC/C=C/CNc1cc2c(cc1[N+](=O)[O-])CC(=O)N2. The standard InChI is InChI=1S/C12H14N4O3/c13-3-1-2-4-14-10-7-9-8(6-12(17)15-9)5-11(10)16(18)19/h1-2,5,7,14H,3-4,6,13H2,(H,15,17)/b2-1+. The number of benzene rings is 1. The van der Waals surface area contributed by atoms with E-state index in [0.717, 1.165) is 0 Å². The second-order valence-corrected chi connectivity index (χ2v) is 4.10. The summed E-state index contributed by atoms with van der Waals surface area (Å²) in [4.78, 5) is 21.8. The second kappa shape index (κ2) is 5.49. The predicted octanol–water partition coefficient (Wildman–Crippen LogP) is 1.02. The minimum Gasteiger partial charge on any atom is -0.376 e. The highest BCUT2D eigenvalue weighted by Gasteiger charge is 2.24. The maximum absolute atomic E-state index is 11.3. The second-order valence-electron chi connectivity index (χ2n) is 4.10.